The number of hydrogen-bond donors (Lipinski definition) is 0. The Kier molecular flexibility index (Phi) is 184. The maximum atomic E-state index is 0. The topological polar surface area (TPSA) is 0 Å². The van der Waals surface area contributed by atoms with Gasteiger partial charge in [0.2, 0.25) is 0 Å². The molecule has 0 unspecified atom stereocenters. The van der Waals surface area contributed by atoms with Gasteiger partial charge in [-0.1, -0.05) is 0 Å². The van der Waals surface area contributed by atoms with E-state index in [4.69, 9.17) is 0 Å². The summed E-state index contributed by atoms with van der Waals surface area (Å²) in [7, 11) is 0. The van der Waals surface area contributed by atoms with E-state index in [1.54, 1.807) is 0 Å². The molecule has 0 aliphatic heterocycles. The zero-order valence-corrected chi connectivity index (χ0v) is 10.6. The van der Waals surface area contributed by atoms with E-state index in [1.165, 1.54) is 0 Å². The van der Waals surface area contributed by atoms with Gasteiger partial charge in [-0.15, -0.1) is 0 Å². The van der Waals surface area contributed by atoms with Crippen molar-refractivity contribution in [3.63, 3.8) is 0 Å². The number of hydrogen-bond acceptors (Lipinski definition) is 0. The molecule has 0 aromatic carbocycles. The average molecular weight is 132 g/mol. The molecule has 0 amide bonds. The summed E-state index contributed by atoms with van der Waals surface area (Å²) in [6.07, 6.45) is 0. The molecule has 0 saturated heterocycles. The number of rotatable bonds is 0. The molecule has 0 heterocycles. The molecule has 0 radical (unpaired) electrons. The summed E-state index contributed by atoms with van der Waals surface area (Å²) in [5, 5.41) is 0. The Labute approximate surface area is 128 Å². The van der Waals surface area contributed by atoms with Gasteiger partial charge in [0.05, 0.1) is 0 Å². The van der Waals surface area contributed by atoms with Gasteiger partial charge < -0.3 is 14.3 Å². The Morgan fingerprint density at radius 1 is 0.400 bits per heavy atom. The van der Waals surface area contributed by atoms with Crippen molar-refractivity contribution >= 4 is 115 Å². The summed E-state index contributed by atoms with van der Waals surface area (Å²) in [4.78, 5) is 0. The fourth-order valence-electron chi connectivity index (χ4n) is 0. The summed E-state index contributed by atoms with van der Waals surface area (Å²) in [6.45, 7) is 0. The van der Waals surface area contributed by atoms with Gasteiger partial charge in [-0.2, -0.15) is 0 Å². The van der Waals surface area contributed by atoms with Crippen molar-refractivity contribution in [3.05, 3.63) is 0 Å². The molecule has 0 saturated carbocycles. The average Bonchev–Trinajstić information content (AvgIpc) is 0. The summed E-state index contributed by atoms with van der Waals surface area (Å²) >= 11 is 0. The smallest absolute Gasteiger partial charge is 1.00 e. The summed E-state index contributed by atoms with van der Waals surface area (Å²) in [5.41, 5.74) is 0. The molecule has 0 N–H and O–H groups in total. The second-order valence-corrected chi connectivity index (χ2v) is 0. The molecule has 0 aliphatic rings. The summed E-state index contributed by atoms with van der Waals surface area (Å²) < 4.78 is 0. The van der Waals surface area contributed by atoms with Crippen LogP contribution in [0.2, 0.25) is 0 Å². The normalized spacial score (nSPS) is 0. The Bertz CT molecular complexity index is 13.8. The molecule has 0 bridgehead atoms. The summed E-state index contributed by atoms with van der Waals surface area (Å²) in [5.74, 6) is 0. The fraction of sp³-hybridized carbons (Fsp3) is 0. The maximum Gasteiger partial charge on any atom is 2.00 e. The van der Waals surface area contributed by atoms with Crippen molar-refractivity contribution in [1.29, 1.82) is 0 Å². The van der Waals surface area contributed by atoms with Crippen LogP contribution in [0.25, 0.3) is 0 Å². The van der Waals surface area contributed by atoms with E-state index in [1.807, 2.05) is 0 Å². The third-order valence-electron chi connectivity index (χ3n) is 0. The van der Waals surface area contributed by atoms with Crippen LogP contribution in [0.3, 0.4) is 0 Å². The Morgan fingerprint density at radius 3 is 0.400 bits per heavy atom. The first-order valence-electron chi connectivity index (χ1n) is 0. The van der Waals surface area contributed by atoms with Crippen molar-refractivity contribution in [2.75, 3.05) is 0 Å². The van der Waals surface area contributed by atoms with E-state index in [-0.39, 0.29) is 130 Å². The molecular formula is H10Mg5. The predicted molar refractivity (Wildman–Crippen MR) is 39.9 cm³/mol. The standard InChI is InChI=1S/5Mg.10H/q5*+2;10*-1. The molecule has 0 fully saturated rings. The van der Waals surface area contributed by atoms with Crippen molar-refractivity contribution in [1.82, 2.24) is 0 Å². The molecule has 0 aromatic heterocycles. The van der Waals surface area contributed by atoms with Crippen LogP contribution < -0.4 is 0 Å². The summed E-state index contributed by atoms with van der Waals surface area (Å²) in [6, 6.07) is 0. The van der Waals surface area contributed by atoms with E-state index in [9.17, 15) is 0 Å². The van der Waals surface area contributed by atoms with Crippen LogP contribution in [-0.2, 0) is 0 Å². The van der Waals surface area contributed by atoms with Gasteiger partial charge in [-0.05, 0) is 0 Å². The zero-order valence-electron chi connectivity index (χ0n) is 13.5. The van der Waals surface area contributed by atoms with Gasteiger partial charge in [-0.3, -0.25) is 0 Å². The van der Waals surface area contributed by atoms with Gasteiger partial charge in [0.1, 0.15) is 0 Å². The monoisotopic (exact) mass is 130 g/mol. The molecule has 20 valence electrons. The second kappa shape index (κ2) is 24.9. The van der Waals surface area contributed by atoms with Crippen LogP contribution in [0.15, 0.2) is 0 Å². The Hall–Kier alpha value is 3.83. The van der Waals surface area contributed by atoms with Crippen molar-refractivity contribution in [2.24, 2.45) is 0 Å². The quantitative estimate of drug-likeness (QED) is 0.379. The van der Waals surface area contributed by atoms with E-state index >= 15 is 0 Å². The van der Waals surface area contributed by atoms with E-state index in [0.717, 1.165) is 0 Å². The largest absolute Gasteiger partial charge is 2.00 e. The van der Waals surface area contributed by atoms with Gasteiger partial charge in [-0.25, -0.2) is 0 Å². The van der Waals surface area contributed by atoms with Gasteiger partial charge in [0.25, 0.3) is 0 Å². The Balaban J connectivity index is 0. The van der Waals surface area contributed by atoms with Crippen LogP contribution in [0, 0.1) is 0 Å². The van der Waals surface area contributed by atoms with E-state index in [0.29, 0.717) is 0 Å². The van der Waals surface area contributed by atoms with Crippen LogP contribution >= 0.6 is 0 Å². The second-order valence-electron chi connectivity index (χ2n) is 0. The van der Waals surface area contributed by atoms with Gasteiger partial charge in [0.15, 0.2) is 0 Å². The first-order valence-corrected chi connectivity index (χ1v) is 0. The molecule has 0 spiro atoms. The molecule has 0 aromatic rings. The Morgan fingerprint density at radius 2 is 0.400 bits per heavy atom. The van der Waals surface area contributed by atoms with Crippen molar-refractivity contribution in [3.8, 4) is 0 Å². The van der Waals surface area contributed by atoms with Crippen LogP contribution in [0.1, 0.15) is 14.3 Å². The maximum absolute atomic E-state index is 0. The van der Waals surface area contributed by atoms with Crippen molar-refractivity contribution < 1.29 is 14.3 Å². The molecule has 0 atom stereocenters. The van der Waals surface area contributed by atoms with Crippen LogP contribution in [0.4, 0.5) is 0 Å². The molecular weight excluding hydrogens is 122 g/mol. The van der Waals surface area contributed by atoms with E-state index < -0.39 is 0 Å². The predicted octanol–water partition coefficient (Wildman–Crippen LogP) is -0.779. The SMILES string of the molecule is [H-].[H-].[H-].[H-].[H-].[H-].[H-].[H-].[H-].[H-].[Mg+2].[Mg+2].[Mg+2].[Mg+2].[Mg+2]. The van der Waals surface area contributed by atoms with Crippen LogP contribution in [0.5, 0.6) is 0 Å². The third kappa shape index (κ3) is 18.1. The third-order valence-corrected chi connectivity index (χ3v) is 0. The minimum absolute atomic E-state index is 0. The minimum atomic E-state index is 0. The first kappa shape index (κ1) is 36.9. The minimum Gasteiger partial charge on any atom is -1.00 e. The molecule has 5 heteroatoms. The van der Waals surface area contributed by atoms with Gasteiger partial charge >= 0.3 is 115 Å². The molecule has 5 heavy (non-hydrogen) atoms. The molecule has 0 rings (SSSR count). The van der Waals surface area contributed by atoms with Crippen LogP contribution in [-0.4, -0.2) is 115 Å². The molecule has 0 nitrogen and oxygen atoms in total. The van der Waals surface area contributed by atoms with E-state index in [2.05, 4.69) is 0 Å². The van der Waals surface area contributed by atoms with Gasteiger partial charge in [0, 0.05) is 0 Å². The zero-order chi connectivity index (χ0) is 0. The molecule has 0 aliphatic carbocycles. The first-order chi connectivity index (χ1) is 0. The fourth-order valence-corrected chi connectivity index (χ4v) is 0. The van der Waals surface area contributed by atoms with Crippen molar-refractivity contribution in [2.45, 2.75) is 0 Å².